The molecular weight excluding hydrogens is 531 g/mol. The summed E-state index contributed by atoms with van der Waals surface area (Å²) in [7, 11) is 1.90. The van der Waals surface area contributed by atoms with Crippen LogP contribution in [0.2, 0.25) is 0 Å². The maximum Gasteiger partial charge on any atom is 0.353 e. The lowest BCUT2D eigenvalue weighted by Gasteiger charge is -2.52. The molecular formula is C21H22FN6O5S3+. The Morgan fingerprint density at radius 2 is 2.28 bits per heavy atom. The minimum atomic E-state index is -1.24. The van der Waals surface area contributed by atoms with E-state index in [1.807, 2.05) is 37.0 Å². The van der Waals surface area contributed by atoms with Crippen molar-refractivity contribution >= 4 is 64.0 Å². The number of nitrogens with zero attached hydrogens (tertiary/aromatic N) is 4. The Morgan fingerprint density at radius 1 is 1.50 bits per heavy atom. The minimum Gasteiger partial charge on any atom is -0.477 e. The number of nitrogen functional groups attached to an aromatic ring is 1. The number of carboxylic acids is 1. The van der Waals surface area contributed by atoms with Gasteiger partial charge in [-0.2, -0.15) is 0 Å². The van der Waals surface area contributed by atoms with Crippen molar-refractivity contribution in [2.45, 2.75) is 29.2 Å². The summed E-state index contributed by atoms with van der Waals surface area (Å²) in [5.74, 6) is -2.89. The highest BCUT2D eigenvalue weighted by atomic mass is 32.2. The highest BCUT2D eigenvalue weighted by Crippen LogP contribution is 2.50. The largest absolute Gasteiger partial charge is 0.477 e. The van der Waals surface area contributed by atoms with E-state index in [4.69, 9.17) is 5.73 Å². The van der Waals surface area contributed by atoms with E-state index < -0.39 is 42.0 Å². The van der Waals surface area contributed by atoms with Gasteiger partial charge in [0.2, 0.25) is 5.91 Å². The molecule has 0 radical (unpaired) electrons. The fourth-order valence-electron chi connectivity index (χ4n) is 4.00. The standard InChI is InChI=1S/C21H21FN6O5S3/c1-10-6-27(2)4-3-12(10)34-8-13-16(20(31)32)28-17(15(19(28)30)11-7-35-21(23)25-11)18(36-13)26-14(29)5-24-33-9-22/h3-7,15,17-18H,8-9H2,1-2H3,(H3-,23,25,26,29,31,32)/p+1. The summed E-state index contributed by atoms with van der Waals surface area (Å²) in [6.45, 7) is 0.757. The van der Waals surface area contributed by atoms with Crippen LogP contribution in [-0.4, -0.2) is 63.0 Å². The molecule has 4 heterocycles. The highest BCUT2D eigenvalue weighted by molar-refractivity contribution is 8.06. The van der Waals surface area contributed by atoms with Crippen LogP contribution >= 0.6 is 34.9 Å². The number of fused-ring (bicyclic) bond motifs is 1. The number of β-lactam (4-membered cyclic amide) rings is 1. The van der Waals surface area contributed by atoms with Gasteiger partial charge in [-0.05, 0) is 6.92 Å². The van der Waals surface area contributed by atoms with Gasteiger partial charge in [0.05, 0.1) is 11.7 Å². The maximum absolute atomic E-state index is 13.2. The molecule has 0 spiro atoms. The third-order valence-electron chi connectivity index (χ3n) is 5.47. The number of pyridine rings is 1. The van der Waals surface area contributed by atoms with Gasteiger partial charge in [0.25, 0.3) is 12.8 Å². The second-order valence-electron chi connectivity index (χ2n) is 7.83. The first-order valence-corrected chi connectivity index (χ1v) is 13.2. The van der Waals surface area contributed by atoms with Crippen LogP contribution in [0, 0.1) is 6.92 Å². The number of nitrogens with two attached hydrogens (primary N) is 1. The summed E-state index contributed by atoms with van der Waals surface area (Å²) in [6.07, 6.45) is 4.61. The normalized spacial score (nSPS) is 21.4. The predicted molar refractivity (Wildman–Crippen MR) is 133 cm³/mol. The molecule has 2 aliphatic rings. The van der Waals surface area contributed by atoms with Gasteiger partial charge in [0.1, 0.15) is 30.3 Å². The quantitative estimate of drug-likeness (QED) is 0.137. The first-order chi connectivity index (χ1) is 17.2. The van der Waals surface area contributed by atoms with Crippen molar-refractivity contribution in [2.75, 3.05) is 18.3 Å². The molecule has 2 aromatic heterocycles. The van der Waals surface area contributed by atoms with Crippen molar-refractivity contribution in [3.8, 4) is 0 Å². The van der Waals surface area contributed by atoms with Crippen LogP contribution in [-0.2, 0) is 26.3 Å². The molecule has 4 rings (SSSR count). The number of anilines is 1. The van der Waals surface area contributed by atoms with E-state index in [1.165, 1.54) is 16.7 Å². The van der Waals surface area contributed by atoms with Crippen molar-refractivity contribution in [3.05, 3.63) is 45.7 Å². The van der Waals surface area contributed by atoms with E-state index in [2.05, 4.69) is 20.3 Å². The van der Waals surface area contributed by atoms with E-state index in [0.29, 0.717) is 10.6 Å². The Kier molecular flexibility index (Phi) is 7.80. The van der Waals surface area contributed by atoms with Gasteiger partial charge in [0.15, 0.2) is 17.5 Å². The molecule has 0 bridgehead atoms. The lowest BCUT2D eigenvalue weighted by atomic mass is 9.83. The number of amides is 2. The summed E-state index contributed by atoms with van der Waals surface area (Å²) in [6, 6.07) is 1.20. The zero-order chi connectivity index (χ0) is 26.0. The summed E-state index contributed by atoms with van der Waals surface area (Å²) >= 11 is 3.74. The second kappa shape index (κ2) is 10.8. The molecule has 0 saturated carbocycles. The third kappa shape index (κ3) is 5.17. The van der Waals surface area contributed by atoms with Crippen molar-refractivity contribution < 1.29 is 33.3 Å². The number of hydrogen-bond acceptors (Lipinski definition) is 10. The van der Waals surface area contributed by atoms with Crippen LogP contribution < -0.4 is 15.6 Å². The zero-order valence-electron chi connectivity index (χ0n) is 19.1. The molecule has 3 atom stereocenters. The minimum absolute atomic E-state index is 0.124. The summed E-state index contributed by atoms with van der Waals surface area (Å²) < 4.78 is 14.1. The number of carbonyl (C=O) groups excluding carboxylic acids is 2. The number of nitrogens with one attached hydrogen (secondary N) is 1. The first kappa shape index (κ1) is 25.9. The molecule has 2 amide bonds. The SMILES string of the molecule is Cc1c[n+](C)ccc1SCC1=C(C(=O)O)N2C(=O)C(c3csc(N)n3)C2C(NC(=O)C=NOCF)S1. The number of thiazole rings is 1. The van der Waals surface area contributed by atoms with E-state index in [9.17, 15) is 23.9 Å². The van der Waals surface area contributed by atoms with E-state index >= 15 is 0 Å². The number of hydrogen-bond donors (Lipinski definition) is 3. The Hall–Kier alpha value is -3.17. The van der Waals surface area contributed by atoms with Crippen molar-refractivity contribution in [1.29, 1.82) is 0 Å². The van der Waals surface area contributed by atoms with Gasteiger partial charge in [-0.3, -0.25) is 14.5 Å². The maximum atomic E-state index is 13.2. The van der Waals surface area contributed by atoms with Gasteiger partial charge in [-0.1, -0.05) is 5.16 Å². The Morgan fingerprint density at radius 3 is 2.92 bits per heavy atom. The molecule has 190 valence electrons. The molecule has 4 N–H and O–H groups in total. The molecule has 11 nitrogen and oxygen atoms in total. The summed E-state index contributed by atoms with van der Waals surface area (Å²) in [4.78, 5) is 48.9. The molecule has 2 aromatic rings. The molecule has 2 aliphatic heterocycles. The van der Waals surface area contributed by atoms with Gasteiger partial charge < -0.3 is 21.0 Å². The van der Waals surface area contributed by atoms with E-state index in [-0.39, 0.29) is 16.6 Å². The number of aromatic nitrogens is 2. The number of rotatable bonds is 9. The van der Waals surface area contributed by atoms with Crippen LogP contribution in [0.5, 0.6) is 0 Å². The average Bonchev–Trinajstić information content (AvgIpc) is 3.23. The summed E-state index contributed by atoms with van der Waals surface area (Å²) in [5.41, 5.74) is 7.04. The Bertz CT molecular complexity index is 1270. The molecule has 15 heteroatoms. The summed E-state index contributed by atoms with van der Waals surface area (Å²) in [5, 5.41) is 17.2. The fraction of sp³-hybridized carbons (Fsp3) is 0.333. The monoisotopic (exact) mass is 553 g/mol. The number of aliphatic carboxylic acids is 1. The molecule has 0 aliphatic carbocycles. The number of carbonyl (C=O) groups is 3. The zero-order valence-corrected chi connectivity index (χ0v) is 21.5. The number of halogens is 1. The van der Waals surface area contributed by atoms with Gasteiger partial charge >= 0.3 is 5.97 Å². The van der Waals surface area contributed by atoms with Crippen molar-refractivity contribution in [1.82, 2.24) is 15.2 Å². The number of aryl methyl sites for hydroxylation is 2. The van der Waals surface area contributed by atoms with Crippen molar-refractivity contribution in [2.24, 2.45) is 12.2 Å². The smallest absolute Gasteiger partial charge is 0.353 e. The van der Waals surface area contributed by atoms with Crippen LogP contribution in [0.25, 0.3) is 0 Å². The number of alkyl halides is 1. The highest BCUT2D eigenvalue weighted by Gasteiger charge is 2.58. The third-order valence-corrected chi connectivity index (χ3v) is 8.82. The number of oxime groups is 1. The van der Waals surface area contributed by atoms with Crippen molar-refractivity contribution in [3.63, 3.8) is 0 Å². The second-order valence-corrected chi connectivity index (χ2v) is 11.0. The molecule has 36 heavy (non-hydrogen) atoms. The predicted octanol–water partition coefficient (Wildman–Crippen LogP) is 1.36. The lowest BCUT2D eigenvalue weighted by molar-refractivity contribution is -0.672. The molecule has 3 unspecified atom stereocenters. The van der Waals surface area contributed by atoms with Crippen LogP contribution in [0.3, 0.4) is 0 Å². The van der Waals surface area contributed by atoms with E-state index in [1.54, 1.807) is 5.38 Å². The number of thioether (sulfide) groups is 2. The van der Waals surface area contributed by atoms with Gasteiger partial charge in [-0.15, -0.1) is 34.9 Å². The Labute approximate surface area is 217 Å². The Balaban J connectivity index is 1.66. The topological polar surface area (TPSA) is 151 Å². The number of carboxylic acid groups (broad SMARTS) is 1. The van der Waals surface area contributed by atoms with Crippen LogP contribution in [0.15, 0.2) is 44.5 Å². The molecule has 1 fully saturated rings. The fourth-order valence-corrected chi connectivity index (χ4v) is 7.11. The van der Waals surface area contributed by atoms with Gasteiger partial charge in [0, 0.05) is 32.6 Å². The van der Waals surface area contributed by atoms with Crippen LogP contribution in [0.1, 0.15) is 17.2 Å². The first-order valence-electron chi connectivity index (χ1n) is 10.5. The molecule has 0 aromatic carbocycles. The van der Waals surface area contributed by atoms with Gasteiger partial charge in [-0.25, -0.2) is 18.7 Å². The van der Waals surface area contributed by atoms with Crippen LogP contribution in [0.4, 0.5) is 9.52 Å². The molecule has 1 saturated heterocycles. The van der Waals surface area contributed by atoms with E-state index in [0.717, 1.165) is 39.8 Å². The lowest BCUT2D eigenvalue weighted by Crippen LogP contribution is -2.68. The average molecular weight is 554 g/mol.